The Morgan fingerprint density at radius 3 is 1.81 bits per heavy atom. The van der Waals surface area contributed by atoms with E-state index >= 15 is 0 Å². The minimum atomic E-state index is -5.69. The molecule has 6 heteroatoms. The predicted molar refractivity (Wildman–Crippen MR) is 69.2 cm³/mol. The SMILES string of the molecule is FC(F)(F)C(F)(F)c1nc2ccccc2c2ccccc12. The molecule has 0 fully saturated rings. The van der Waals surface area contributed by atoms with E-state index in [1.165, 1.54) is 24.3 Å². The molecule has 0 spiro atoms. The molecule has 0 N–H and O–H groups in total. The second-order valence-corrected chi connectivity index (χ2v) is 4.60. The molecule has 0 aliphatic rings. The highest BCUT2D eigenvalue weighted by Crippen LogP contribution is 2.46. The van der Waals surface area contributed by atoms with Gasteiger partial charge >= 0.3 is 12.1 Å². The molecule has 0 unspecified atom stereocenters. The molecule has 0 saturated carbocycles. The van der Waals surface area contributed by atoms with E-state index in [-0.39, 0.29) is 10.9 Å². The Labute approximate surface area is 116 Å². The van der Waals surface area contributed by atoms with Gasteiger partial charge in [0, 0.05) is 10.8 Å². The third-order valence-corrected chi connectivity index (χ3v) is 3.26. The Balaban J connectivity index is 2.47. The van der Waals surface area contributed by atoms with Gasteiger partial charge in [-0.3, -0.25) is 0 Å². The van der Waals surface area contributed by atoms with Crippen LogP contribution in [-0.4, -0.2) is 11.2 Å². The van der Waals surface area contributed by atoms with E-state index in [1.807, 2.05) is 0 Å². The van der Waals surface area contributed by atoms with E-state index in [0.29, 0.717) is 10.8 Å². The van der Waals surface area contributed by atoms with E-state index < -0.39 is 17.8 Å². The molecule has 21 heavy (non-hydrogen) atoms. The number of pyridine rings is 1. The average molecular weight is 297 g/mol. The maximum Gasteiger partial charge on any atom is 0.459 e. The van der Waals surface area contributed by atoms with Crippen LogP contribution in [0.15, 0.2) is 48.5 Å². The van der Waals surface area contributed by atoms with Gasteiger partial charge in [0.15, 0.2) is 0 Å². The first-order chi connectivity index (χ1) is 9.82. The zero-order valence-electron chi connectivity index (χ0n) is 10.5. The molecule has 108 valence electrons. The van der Waals surface area contributed by atoms with Gasteiger partial charge in [-0.05, 0) is 11.5 Å². The van der Waals surface area contributed by atoms with Crippen molar-refractivity contribution in [2.45, 2.75) is 12.1 Å². The molecule has 1 nitrogen and oxygen atoms in total. The lowest BCUT2D eigenvalue weighted by molar-refractivity contribution is -0.290. The van der Waals surface area contributed by atoms with Crippen LogP contribution in [0.5, 0.6) is 0 Å². The third-order valence-electron chi connectivity index (χ3n) is 3.26. The zero-order chi connectivity index (χ0) is 15.3. The molecule has 0 radical (unpaired) electrons. The summed E-state index contributed by atoms with van der Waals surface area (Å²) in [4.78, 5) is 3.57. The van der Waals surface area contributed by atoms with Crippen molar-refractivity contribution in [2.24, 2.45) is 0 Å². The van der Waals surface area contributed by atoms with Crippen LogP contribution in [-0.2, 0) is 5.92 Å². The number of benzene rings is 2. The number of hydrogen-bond acceptors (Lipinski definition) is 1. The fourth-order valence-electron chi connectivity index (χ4n) is 2.28. The Morgan fingerprint density at radius 1 is 0.667 bits per heavy atom. The van der Waals surface area contributed by atoms with Crippen LogP contribution in [0.25, 0.3) is 21.7 Å². The first kappa shape index (κ1) is 13.7. The second-order valence-electron chi connectivity index (χ2n) is 4.60. The molecule has 3 aromatic rings. The molecule has 0 amide bonds. The minimum absolute atomic E-state index is 0.107. The van der Waals surface area contributed by atoms with Gasteiger partial charge in [0.05, 0.1) is 5.52 Å². The number of nitrogens with zero attached hydrogens (tertiary/aromatic N) is 1. The van der Waals surface area contributed by atoms with E-state index in [9.17, 15) is 22.0 Å². The van der Waals surface area contributed by atoms with Crippen LogP contribution in [0.3, 0.4) is 0 Å². The summed E-state index contributed by atoms with van der Waals surface area (Å²) in [6, 6.07) is 12.0. The van der Waals surface area contributed by atoms with E-state index in [2.05, 4.69) is 4.98 Å². The summed E-state index contributed by atoms with van der Waals surface area (Å²) >= 11 is 0. The molecule has 0 atom stereocenters. The van der Waals surface area contributed by atoms with Crippen molar-refractivity contribution < 1.29 is 22.0 Å². The van der Waals surface area contributed by atoms with Gasteiger partial charge in [0.1, 0.15) is 5.69 Å². The van der Waals surface area contributed by atoms with Crippen LogP contribution in [0.4, 0.5) is 22.0 Å². The molecular formula is C15H8F5N. The highest BCUT2D eigenvalue weighted by Gasteiger charge is 2.60. The number of aromatic nitrogens is 1. The van der Waals surface area contributed by atoms with Gasteiger partial charge in [-0.25, -0.2) is 4.98 Å². The smallest absolute Gasteiger partial charge is 0.245 e. The maximum absolute atomic E-state index is 13.7. The summed E-state index contributed by atoms with van der Waals surface area (Å²) in [7, 11) is 0. The lowest BCUT2D eigenvalue weighted by Gasteiger charge is -2.21. The quantitative estimate of drug-likeness (QED) is 0.453. The summed E-state index contributed by atoms with van der Waals surface area (Å²) < 4.78 is 65.4. The van der Waals surface area contributed by atoms with Crippen LogP contribution in [0.1, 0.15) is 5.69 Å². The number of para-hydroxylation sites is 1. The predicted octanol–water partition coefficient (Wildman–Crippen LogP) is 5.04. The van der Waals surface area contributed by atoms with Crippen molar-refractivity contribution in [1.82, 2.24) is 4.98 Å². The largest absolute Gasteiger partial charge is 0.459 e. The van der Waals surface area contributed by atoms with Crippen molar-refractivity contribution in [3.05, 3.63) is 54.2 Å². The van der Waals surface area contributed by atoms with E-state index in [1.54, 1.807) is 24.3 Å². The minimum Gasteiger partial charge on any atom is -0.245 e. The lowest BCUT2D eigenvalue weighted by Crippen LogP contribution is -2.34. The molecule has 0 aliphatic carbocycles. The van der Waals surface area contributed by atoms with Gasteiger partial charge in [0.25, 0.3) is 0 Å². The monoisotopic (exact) mass is 297 g/mol. The lowest BCUT2D eigenvalue weighted by atomic mass is 10.0. The summed E-state index contributed by atoms with van der Waals surface area (Å²) in [5.41, 5.74) is -1.15. The third kappa shape index (κ3) is 2.02. The first-order valence-corrected chi connectivity index (χ1v) is 6.05. The summed E-state index contributed by atoms with van der Waals surface area (Å²) in [6.45, 7) is 0. The van der Waals surface area contributed by atoms with E-state index in [4.69, 9.17) is 0 Å². The normalized spacial score (nSPS) is 13.0. The van der Waals surface area contributed by atoms with Crippen molar-refractivity contribution in [2.75, 3.05) is 0 Å². The number of rotatable bonds is 1. The van der Waals surface area contributed by atoms with Gasteiger partial charge in [0.2, 0.25) is 0 Å². The maximum atomic E-state index is 13.7. The molecule has 1 heterocycles. The topological polar surface area (TPSA) is 12.9 Å². The molecular weight excluding hydrogens is 289 g/mol. The second kappa shape index (κ2) is 4.38. The van der Waals surface area contributed by atoms with Gasteiger partial charge in [-0.1, -0.05) is 42.5 Å². The van der Waals surface area contributed by atoms with Crippen LogP contribution in [0.2, 0.25) is 0 Å². The van der Waals surface area contributed by atoms with Crippen molar-refractivity contribution in [1.29, 1.82) is 0 Å². The average Bonchev–Trinajstić information content (AvgIpc) is 2.45. The number of fused-ring (bicyclic) bond motifs is 3. The standard InChI is InChI=1S/C15H8F5N/c16-14(17,15(18,19)20)13-11-7-2-1-5-9(11)10-6-3-4-8-12(10)21-13/h1-8H. The molecule has 1 aromatic heterocycles. The molecule has 0 bridgehead atoms. The number of halogens is 5. The molecule has 2 aromatic carbocycles. The Hall–Kier alpha value is -2.24. The van der Waals surface area contributed by atoms with Gasteiger partial charge < -0.3 is 0 Å². The van der Waals surface area contributed by atoms with E-state index in [0.717, 1.165) is 0 Å². The molecule has 3 rings (SSSR count). The van der Waals surface area contributed by atoms with Gasteiger partial charge in [-0.15, -0.1) is 0 Å². The molecule has 0 aliphatic heterocycles. The van der Waals surface area contributed by atoms with Crippen molar-refractivity contribution in [3.8, 4) is 0 Å². The number of hydrogen-bond donors (Lipinski definition) is 0. The van der Waals surface area contributed by atoms with Gasteiger partial charge in [-0.2, -0.15) is 22.0 Å². The van der Waals surface area contributed by atoms with Crippen molar-refractivity contribution in [3.63, 3.8) is 0 Å². The Bertz CT molecular complexity index is 823. The highest BCUT2D eigenvalue weighted by molar-refractivity contribution is 6.06. The summed E-state index contributed by atoms with van der Waals surface area (Å²) in [5.74, 6) is -5.00. The number of alkyl halides is 5. The fraction of sp³-hybridized carbons (Fsp3) is 0.133. The first-order valence-electron chi connectivity index (χ1n) is 6.05. The summed E-state index contributed by atoms with van der Waals surface area (Å²) in [5, 5.41) is 0.662. The zero-order valence-corrected chi connectivity index (χ0v) is 10.5. The Morgan fingerprint density at radius 2 is 1.19 bits per heavy atom. The Kier molecular flexibility index (Phi) is 2.86. The fourth-order valence-corrected chi connectivity index (χ4v) is 2.28. The highest BCUT2D eigenvalue weighted by atomic mass is 19.4. The van der Waals surface area contributed by atoms with Crippen LogP contribution >= 0.6 is 0 Å². The molecule has 0 saturated heterocycles. The van der Waals surface area contributed by atoms with Crippen molar-refractivity contribution >= 4 is 21.7 Å². The van der Waals surface area contributed by atoms with Crippen LogP contribution < -0.4 is 0 Å². The van der Waals surface area contributed by atoms with Crippen LogP contribution in [0, 0.1) is 0 Å². The summed E-state index contributed by atoms with van der Waals surface area (Å²) in [6.07, 6.45) is -5.69.